The molecule has 0 unspecified atom stereocenters. The van der Waals surface area contributed by atoms with E-state index >= 15 is 0 Å². The average molecular weight is 620 g/mol. The van der Waals surface area contributed by atoms with Gasteiger partial charge in [-0.2, -0.15) is 0 Å². The van der Waals surface area contributed by atoms with E-state index in [-0.39, 0.29) is 23.7 Å². The van der Waals surface area contributed by atoms with Crippen molar-refractivity contribution in [3.05, 3.63) is 11.8 Å². The summed E-state index contributed by atoms with van der Waals surface area (Å²) in [5.41, 5.74) is 5.61. The van der Waals surface area contributed by atoms with Gasteiger partial charge in [0.1, 0.15) is 29.9 Å². The summed E-state index contributed by atoms with van der Waals surface area (Å²) in [5.74, 6) is -0.399. The van der Waals surface area contributed by atoms with Crippen molar-refractivity contribution in [2.45, 2.75) is 98.8 Å². The lowest BCUT2D eigenvalue weighted by Gasteiger charge is -2.41. The van der Waals surface area contributed by atoms with Crippen LogP contribution in [0.4, 0.5) is 0 Å². The molecule has 0 aliphatic heterocycles. The van der Waals surface area contributed by atoms with Gasteiger partial charge in [0.05, 0.1) is 7.11 Å². The minimum Gasteiger partial charge on any atom is -0.501 e. The number of amides is 5. The van der Waals surface area contributed by atoms with Crippen LogP contribution in [0.2, 0.25) is 0 Å². The van der Waals surface area contributed by atoms with E-state index in [1.807, 2.05) is 41.5 Å². The number of terminal acetylenes is 1. The number of nitrogens with two attached hydrogens (primary N) is 1. The number of primary amides is 1. The molecule has 250 valence electrons. The Kier molecular flexibility index (Phi) is 16.8. The number of carbonyl (C=O) groups excluding carboxylic acids is 5. The fraction of sp³-hybridized carbons (Fsp3) is 0.727. The van der Waals surface area contributed by atoms with Gasteiger partial charge in [0.15, 0.2) is 0 Å². The Morgan fingerprint density at radius 1 is 0.682 bits per heavy atom. The number of likely N-dealkylation sites (N-methyl/N-ethyl adjacent to an activating group) is 4. The molecule has 44 heavy (non-hydrogen) atoms. The number of hydrogen-bond acceptors (Lipinski definition) is 6. The van der Waals surface area contributed by atoms with E-state index in [0.29, 0.717) is 25.0 Å². The summed E-state index contributed by atoms with van der Waals surface area (Å²) in [6.45, 7) is 14.5. The Bertz CT molecular complexity index is 1080. The van der Waals surface area contributed by atoms with Crippen LogP contribution in [0.5, 0.6) is 0 Å². The minimum atomic E-state index is -0.928. The molecule has 11 nitrogen and oxygen atoms in total. The number of hydrogen-bond donors (Lipinski definition) is 1. The quantitative estimate of drug-likeness (QED) is 0.115. The van der Waals surface area contributed by atoms with Crippen molar-refractivity contribution in [3.8, 4) is 12.3 Å². The highest BCUT2D eigenvalue weighted by molar-refractivity contribution is 5.96. The summed E-state index contributed by atoms with van der Waals surface area (Å²) >= 11 is 0. The molecule has 11 heteroatoms. The van der Waals surface area contributed by atoms with Gasteiger partial charge in [-0.3, -0.25) is 24.0 Å². The third-order valence-corrected chi connectivity index (χ3v) is 7.93. The highest BCUT2D eigenvalue weighted by Gasteiger charge is 2.42. The molecule has 0 aromatic rings. The van der Waals surface area contributed by atoms with Gasteiger partial charge in [0, 0.05) is 47.1 Å². The molecule has 0 saturated carbocycles. The second kappa shape index (κ2) is 18.3. The molecule has 0 spiro atoms. The first-order valence-corrected chi connectivity index (χ1v) is 15.3. The maximum Gasteiger partial charge on any atom is 0.250 e. The van der Waals surface area contributed by atoms with Crippen molar-refractivity contribution >= 4 is 29.5 Å². The number of carbonyl (C=O) groups is 5. The Balaban J connectivity index is 6.37. The molecule has 0 heterocycles. The van der Waals surface area contributed by atoms with Crippen molar-refractivity contribution in [3.63, 3.8) is 0 Å². The van der Waals surface area contributed by atoms with E-state index < -0.39 is 53.7 Å². The lowest BCUT2D eigenvalue weighted by molar-refractivity contribution is -0.156. The van der Waals surface area contributed by atoms with Crippen LogP contribution in [0, 0.1) is 36.0 Å². The predicted octanol–water partition coefficient (Wildman–Crippen LogP) is 2.74. The average Bonchev–Trinajstić information content (AvgIpc) is 2.91. The highest BCUT2D eigenvalue weighted by atomic mass is 16.5. The van der Waals surface area contributed by atoms with Crippen molar-refractivity contribution in [2.75, 3.05) is 35.3 Å². The molecule has 5 amide bonds. The maximum atomic E-state index is 14.1. The third-order valence-electron chi connectivity index (χ3n) is 7.93. The van der Waals surface area contributed by atoms with Crippen LogP contribution < -0.4 is 5.73 Å². The standard InChI is InChI=1S/C33H57N5O6/c1-15-16-17-18-24(44-14)19-25(39)35(10)27(21(4)5)31(41)37(12)29(23(8)9)33(43)38(13)28(22(6)7)32(42)36(11)26(20(2)3)30(34)40/h1,19-23,26-29H,16-18H2,2-14H3,(H2,34,40)/b24-19+/t26-,27-,28-,29-/m0/s1. The first kappa shape index (κ1) is 40.5. The largest absolute Gasteiger partial charge is 0.501 e. The zero-order chi connectivity index (χ0) is 34.6. The topological polar surface area (TPSA) is 134 Å². The second-order valence-electron chi connectivity index (χ2n) is 12.8. The normalized spacial score (nSPS) is 14.5. The van der Waals surface area contributed by atoms with E-state index in [4.69, 9.17) is 16.9 Å². The lowest BCUT2D eigenvalue weighted by atomic mass is 9.94. The summed E-state index contributed by atoms with van der Waals surface area (Å²) in [4.78, 5) is 72.6. The van der Waals surface area contributed by atoms with Crippen LogP contribution in [0.1, 0.15) is 74.7 Å². The molecule has 0 radical (unpaired) electrons. The zero-order valence-corrected chi connectivity index (χ0v) is 29.2. The van der Waals surface area contributed by atoms with Crippen molar-refractivity contribution in [1.29, 1.82) is 0 Å². The highest BCUT2D eigenvalue weighted by Crippen LogP contribution is 2.23. The monoisotopic (exact) mass is 619 g/mol. The van der Waals surface area contributed by atoms with Crippen LogP contribution in [0.3, 0.4) is 0 Å². The molecule has 0 saturated heterocycles. The van der Waals surface area contributed by atoms with Crippen molar-refractivity contribution in [2.24, 2.45) is 29.4 Å². The molecule has 4 atom stereocenters. The van der Waals surface area contributed by atoms with Gasteiger partial charge in [0.25, 0.3) is 0 Å². The van der Waals surface area contributed by atoms with Gasteiger partial charge in [0.2, 0.25) is 29.5 Å². The second-order valence-corrected chi connectivity index (χ2v) is 12.8. The zero-order valence-electron chi connectivity index (χ0n) is 29.2. The van der Waals surface area contributed by atoms with Gasteiger partial charge < -0.3 is 30.1 Å². The molecule has 0 aromatic heterocycles. The number of nitrogens with zero attached hydrogens (tertiary/aromatic N) is 4. The summed E-state index contributed by atoms with van der Waals surface area (Å²) in [6.07, 6.45) is 8.38. The number of unbranched alkanes of at least 4 members (excludes halogenated alkanes) is 1. The predicted molar refractivity (Wildman–Crippen MR) is 173 cm³/mol. The molecule has 0 rings (SSSR count). The first-order chi connectivity index (χ1) is 20.3. The Morgan fingerprint density at radius 3 is 1.32 bits per heavy atom. The van der Waals surface area contributed by atoms with Crippen LogP contribution in [-0.4, -0.2) is 109 Å². The minimum absolute atomic E-state index is 0.229. The maximum absolute atomic E-state index is 14.1. The molecular weight excluding hydrogens is 562 g/mol. The molecule has 0 fully saturated rings. The SMILES string of the molecule is C#CCCC/C(=C\C(=O)N(C)[C@H](C(=O)N(C)[C@H](C(=O)N(C)[C@H](C(=O)N(C)[C@H](C(N)=O)C(C)C)C(C)C)C(C)C)C(C)C)OC. The van der Waals surface area contributed by atoms with Crippen molar-refractivity contribution in [1.82, 2.24) is 19.6 Å². The van der Waals surface area contributed by atoms with Gasteiger partial charge in [-0.25, -0.2) is 0 Å². The summed E-state index contributed by atoms with van der Waals surface area (Å²) < 4.78 is 5.35. The summed E-state index contributed by atoms with van der Waals surface area (Å²) in [5, 5.41) is 0. The van der Waals surface area contributed by atoms with E-state index in [2.05, 4.69) is 5.92 Å². The van der Waals surface area contributed by atoms with E-state index in [0.717, 1.165) is 0 Å². The van der Waals surface area contributed by atoms with Crippen LogP contribution in [0.15, 0.2) is 11.8 Å². The van der Waals surface area contributed by atoms with E-state index in [9.17, 15) is 24.0 Å². The fourth-order valence-electron chi connectivity index (χ4n) is 5.67. The number of rotatable bonds is 17. The molecular formula is C33H57N5O6. The molecule has 2 N–H and O–H groups in total. The smallest absolute Gasteiger partial charge is 0.250 e. The fourth-order valence-corrected chi connectivity index (χ4v) is 5.67. The Morgan fingerprint density at radius 2 is 1.02 bits per heavy atom. The van der Waals surface area contributed by atoms with Gasteiger partial charge in [-0.05, 0) is 30.1 Å². The van der Waals surface area contributed by atoms with E-state index in [1.165, 1.54) is 46.9 Å². The van der Waals surface area contributed by atoms with Crippen molar-refractivity contribution < 1.29 is 28.7 Å². The summed E-state index contributed by atoms with van der Waals surface area (Å²) in [6, 6.07) is -3.55. The number of methoxy groups -OCH3 is 1. The molecule has 0 aliphatic rings. The van der Waals surface area contributed by atoms with Gasteiger partial charge in [-0.1, -0.05) is 55.4 Å². The third kappa shape index (κ3) is 10.6. The van der Waals surface area contributed by atoms with Crippen LogP contribution in [-0.2, 0) is 28.7 Å². The van der Waals surface area contributed by atoms with Gasteiger partial charge in [-0.15, -0.1) is 12.3 Å². The lowest BCUT2D eigenvalue weighted by Crippen LogP contribution is -2.61. The molecule has 0 aromatic carbocycles. The van der Waals surface area contributed by atoms with E-state index in [1.54, 1.807) is 27.9 Å². The summed E-state index contributed by atoms with van der Waals surface area (Å²) in [7, 11) is 7.62. The first-order valence-electron chi connectivity index (χ1n) is 15.3. The Labute approximate surface area is 265 Å². The number of ether oxygens (including phenoxy) is 1. The van der Waals surface area contributed by atoms with Crippen LogP contribution in [0.25, 0.3) is 0 Å². The Hall–Kier alpha value is -3.55. The van der Waals surface area contributed by atoms with Crippen LogP contribution >= 0.6 is 0 Å². The molecule has 0 aliphatic carbocycles. The number of allylic oxidation sites excluding steroid dienone is 1. The molecule has 0 bridgehead atoms. The van der Waals surface area contributed by atoms with Gasteiger partial charge >= 0.3 is 0 Å².